The molecular weight excluding hydrogens is 490 g/mol. The minimum Gasteiger partial charge on any atom is -0.357 e. The summed E-state index contributed by atoms with van der Waals surface area (Å²) < 4.78 is 38.6. The number of guanidine groups is 1. The van der Waals surface area contributed by atoms with Crippen LogP contribution in [0.2, 0.25) is 0 Å². The Balaban J connectivity index is 0.00000364. The number of piperazine rings is 1. The first-order valence-corrected chi connectivity index (χ1v) is 9.94. The molecule has 1 saturated heterocycles. The molecule has 10 heteroatoms. The van der Waals surface area contributed by atoms with E-state index in [1.165, 1.54) is 16.7 Å². The summed E-state index contributed by atoms with van der Waals surface area (Å²) in [6.07, 6.45) is -0.489. The number of aromatic nitrogens is 1. The van der Waals surface area contributed by atoms with Crippen molar-refractivity contribution in [1.29, 1.82) is 0 Å². The predicted molar refractivity (Wildman–Crippen MR) is 115 cm³/mol. The van der Waals surface area contributed by atoms with Crippen LogP contribution in [0.5, 0.6) is 0 Å². The van der Waals surface area contributed by atoms with Crippen molar-refractivity contribution in [2.75, 3.05) is 39.3 Å². The van der Waals surface area contributed by atoms with E-state index in [-0.39, 0.29) is 24.0 Å². The fourth-order valence-electron chi connectivity index (χ4n) is 2.84. The average molecular weight is 519 g/mol. The maximum absolute atomic E-state index is 12.9. The standard InChI is InChI=1S/C17H28F3N5S.HI/c1-4-14-12-23-15(26-14)6-7-22-16(21-5-2)25-10-8-24(9-11-25)13(3)17(18,19)20;/h12-13H,4-11H2,1-3H3,(H,21,22);1H. The third kappa shape index (κ3) is 7.37. The molecule has 1 aromatic heterocycles. The van der Waals surface area contributed by atoms with Crippen molar-refractivity contribution in [2.24, 2.45) is 4.99 Å². The van der Waals surface area contributed by atoms with Gasteiger partial charge in [-0.1, -0.05) is 6.92 Å². The Labute approximate surface area is 180 Å². The molecule has 1 aliphatic heterocycles. The minimum absolute atomic E-state index is 0. The summed E-state index contributed by atoms with van der Waals surface area (Å²) in [5, 5.41) is 4.32. The molecule has 1 aromatic rings. The molecule has 1 aliphatic rings. The third-order valence-corrected chi connectivity index (χ3v) is 5.71. The number of hydrogen-bond donors (Lipinski definition) is 1. The SMILES string of the molecule is CCNC(=NCCc1ncc(CC)s1)N1CCN(C(C)C(F)(F)F)CC1.I. The van der Waals surface area contributed by atoms with Crippen LogP contribution in [0.1, 0.15) is 30.7 Å². The van der Waals surface area contributed by atoms with Crippen LogP contribution in [0.3, 0.4) is 0 Å². The fourth-order valence-corrected chi connectivity index (χ4v) is 3.69. The molecule has 1 atom stereocenters. The van der Waals surface area contributed by atoms with Gasteiger partial charge in [0.1, 0.15) is 6.04 Å². The Morgan fingerprint density at radius 2 is 1.96 bits per heavy atom. The molecule has 0 saturated carbocycles. The molecule has 0 amide bonds. The molecule has 0 aliphatic carbocycles. The number of aliphatic imine (C=N–C) groups is 1. The van der Waals surface area contributed by atoms with Crippen molar-refractivity contribution in [3.63, 3.8) is 0 Å². The minimum atomic E-state index is -4.17. The van der Waals surface area contributed by atoms with Gasteiger partial charge in [0.2, 0.25) is 0 Å². The van der Waals surface area contributed by atoms with Gasteiger partial charge in [0, 0.05) is 56.8 Å². The van der Waals surface area contributed by atoms with Crippen molar-refractivity contribution >= 4 is 41.3 Å². The summed E-state index contributed by atoms with van der Waals surface area (Å²) in [7, 11) is 0. The second kappa shape index (κ2) is 11.4. The summed E-state index contributed by atoms with van der Waals surface area (Å²) in [6, 6.07) is -1.40. The van der Waals surface area contributed by atoms with E-state index in [1.807, 2.05) is 18.0 Å². The van der Waals surface area contributed by atoms with Gasteiger partial charge in [0.15, 0.2) is 5.96 Å². The van der Waals surface area contributed by atoms with Crippen LogP contribution < -0.4 is 5.32 Å². The molecule has 0 aromatic carbocycles. The molecule has 0 radical (unpaired) electrons. The number of alkyl halides is 3. The zero-order chi connectivity index (χ0) is 19.2. The van der Waals surface area contributed by atoms with E-state index in [2.05, 4.69) is 22.2 Å². The normalized spacial score (nSPS) is 17.6. The Morgan fingerprint density at radius 3 is 2.48 bits per heavy atom. The summed E-state index contributed by atoms with van der Waals surface area (Å²) in [5.41, 5.74) is 0. The maximum Gasteiger partial charge on any atom is 0.403 e. The first-order valence-electron chi connectivity index (χ1n) is 9.12. The number of nitrogens with one attached hydrogen (secondary N) is 1. The molecule has 2 rings (SSSR count). The number of nitrogens with zero attached hydrogens (tertiary/aromatic N) is 4. The van der Waals surface area contributed by atoms with Crippen LogP contribution >= 0.6 is 35.3 Å². The van der Waals surface area contributed by atoms with Gasteiger partial charge in [0.25, 0.3) is 0 Å². The molecule has 1 N–H and O–H groups in total. The zero-order valence-electron chi connectivity index (χ0n) is 16.1. The monoisotopic (exact) mass is 519 g/mol. The molecule has 1 unspecified atom stereocenters. The second-order valence-electron chi connectivity index (χ2n) is 6.30. The number of rotatable bonds is 6. The van der Waals surface area contributed by atoms with Gasteiger partial charge in [-0.25, -0.2) is 4.98 Å². The maximum atomic E-state index is 12.9. The van der Waals surface area contributed by atoms with Crippen molar-refractivity contribution < 1.29 is 13.2 Å². The zero-order valence-corrected chi connectivity index (χ0v) is 19.2. The van der Waals surface area contributed by atoms with Crippen molar-refractivity contribution in [1.82, 2.24) is 20.1 Å². The Morgan fingerprint density at radius 1 is 1.30 bits per heavy atom. The van der Waals surface area contributed by atoms with E-state index in [1.54, 1.807) is 11.3 Å². The van der Waals surface area contributed by atoms with Gasteiger partial charge in [-0.15, -0.1) is 35.3 Å². The number of hydrogen-bond acceptors (Lipinski definition) is 4. The van der Waals surface area contributed by atoms with E-state index in [9.17, 15) is 13.2 Å². The van der Waals surface area contributed by atoms with Gasteiger partial charge < -0.3 is 10.2 Å². The lowest BCUT2D eigenvalue weighted by Crippen LogP contribution is -2.56. The Hall–Kier alpha value is -0.620. The van der Waals surface area contributed by atoms with Crippen LogP contribution in [0.4, 0.5) is 13.2 Å². The Bertz CT molecular complexity index is 585. The van der Waals surface area contributed by atoms with Crippen molar-refractivity contribution in [3.05, 3.63) is 16.1 Å². The second-order valence-corrected chi connectivity index (χ2v) is 7.50. The van der Waals surface area contributed by atoms with Crippen molar-refractivity contribution in [3.8, 4) is 0 Å². The summed E-state index contributed by atoms with van der Waals surface area (Å²) in [6.45, 7) is 8.55. The first-order chi connectivity index (χ1) is 12.3. The van der Waals surface area contributed by atoms with Crippen molar-refractivity contribution in [2.45, 2.75) is 45.8 Å². The van der Waals surface area contributed by atoms with Gasteiger partial charge in [-0.05, 0) is 20.3 Å². The molecule has 156 valence electrons. The first kappa shape index (κ1) is 24.4. The van der Waals surface area contributed by atoms with Crippen LogP contribution in [-0.4, -0.2) is 72.2 Å². The summed E-state index contributed by atoms with van der Waals surface area (Å²) in [5.74, 6) is 0.777. The highest BCUT2D eigenvalue weighted by molar-refractivity contribution is 14.0. The summed E-state index contributed by atoms with van der Waals surface area (Å²) in [4.78, 5) is 13.8. The third-order valence-electron chi connectivity index (χ3n) is 4.51. The smallest absolute Gasteiger partial charge is 0.357 e. The van der Waals surface area contributed by atoms with E-state index in [0.717, 1.165) is 30.4 Å². The largest absolute Gasteiger partial charge is 0.403 e. The quantitative estimate of drug-likeness (QED) is 0.356. The van der Waals surface area contributed by atoms with Gasteiger partial charge in [-0.3, -0.25) is 9.89 Å². The van der Waals surface area contributed by atoms with Gasteiger partial charge >= 0.3 is 6.18 Å². The molecule has 0 spiro atoms. The van der Waals surface area contributed by atoms with E-state index in [0.29, 0.717) is 32.7 Å². The number of aryl methyl sites for hydroxylation is 1. The number of halogens is 4. The predicted octanol–water partition coefficient (Wildman–Crippen LogP) is 3.40. The van der Waals surface area contributed by atoms with E-state index in [4.69, 9.17) is 0 Å². The van der Waals surface area contributed by atoms with Crippen LogP contribution in [0.25, 0.3) is 0 Å². The topological polar surface area (TPSA) is 43.8 Å². The number of thiazole rings is 1. The summed E-state index contributed by atoms with van der Waals surface area (Å²) >= 11 is 1.71. The van der Waals surface area contributed by atoms with Crippen LogP contribution in [0.15, 0.2) is 11.2 Å². The average Bonchev–Trinajstić information content (AvgIpc) is 3.08. The highest BCUT2D eigenvalue weighted by Gasteiger charge is 2.41. The fraction of sp³-hybridized carbons (Fsp3) is 0.765. The lowest BCUT2D eigenvalue weighted by atomic mass is 10.2. The Kier molecular flexibility index (Phi) is 10.3. The van der Waals surface area contributed by atoms with Crippen LogP contribution in [0, 0.1) is 0 Å². The lowest BCUT2D eigenvalue weighted by Gasteiger charge is -2.39. The molecule has 0 bridgehead atoms. The van der Waals surface area contributed by atoms with Crippen LogP contribution in [-0.2, 0) is 12.8 Å². The molecular formula is C17H29F3IN5S. The highest BCUT2D eigenvalue weighted by Crippen LogP contribution is 2.25. The molecule has 5 nitrogen and oxygen atoms in total. The molecule has 2 heterocycles. The van der Waals surface area contributed by atoms with E-state index < -0.39 is 12.2 Å². The van der Waals surface area contributed by atoms with Gasteiger partial charge in [0.05, 0.1) is 5.01 Å². The lowest BCUT2D eigenvalue weighted by molar-refractivity contribution is -0.181. The highest BCUT2D eigenvalue weighted by atomic mass is 127. The van der Waals surface area contributed by atoms with E-state index >= 15 is 0 Å². The molecule has 1 fully saturated rings. The molecule has 27 heavy (non-hydrogen) atoms. The van der Waals surface area contributed by atoms with Gasteiger partial charge in [-0.2, -0.15) is 13.2 Å².